The minimum Gasteiger partial charge on any atom is -0.491 e. The molecule has 6 nitrogen and oxygen atoms in total. The van der Waals surface area contributed by atoms with Gasteiger partial charge in [-0.25, -0.2) is 9.59 Å². The van der Waals surface area contributed by atoms with Crippen LogP contribution in [0.1, 0.15) is 50.5 Å². The molecule has 24 heavy (non-hydrogen) atoms. The van der Waals surface area contributed by atoms with Gasteiger partial charge in [0.15, 0.2) is 0 Å². The number of carbonyl (C=O) groups excluding carboxylic acids is 1. The lowest BCUT2D eigenvalue weighted by atomic mass is 10.1. The number of aryl methyl sites for hydroxylation is 1. The number of ether oxygens (including phenoxy) is 2. The van der Waals surface area contributed by atoms with E-state index in [9.17, 15) is 14.7 Å². The van der Waals surface area contributed by atoms with Gasteiger partial charge in [0.05, 0.1) is 6.54 Å². The highest BCUT2D eigenvalue weighted by molar-refractivity contribution is 5.90. The quantitative estimate of drug-likeness (QED) is 0.856. The molecule has 0 saturated carbocycles. The van der Waals surface area contributed by atoms with Crippen LogP contribution in [0, 0.1) is 6.92 Å². The smallest absolute Gasteiger partial charge is 0.410 e. The van der Waals surface area contributed by atoms with Gasteiger partial charge in [0.1, 0.15) is 23.5 Å². The number of carbonyl (C=O) groups is 2. The third kappa shape index (κ3) is 6.10. The van der Waals surface area contributed by atoms with Crippen molar-refractivity contribution < 1.29 is 24.2 Å². The molecule has 1 amide bonds. The van der Waals surface area contributed by atoms with E-state index < -0.39 is 17.7 Å². The zero-order valence-corrected chi connectivity index (χ0v) is 15.3. The lowest BCUT2D eigenvalue weighted by Crippen LogP contribution is -2.43. The number of rotatable bonds is 6. The number of benzene rings is 1. The van der Waals surface area contributed by atoms with Crippen LogP contribution < -0.4 is 4.74 Å². The minimum atomic E-state index is -1.04. The first-order valence-corrected chi connectivity index (χ1v) is 7.97. The van der Waals surface area contributed by atoms with E-state index in [1.165, 1.54) is 6.07 Å². The van der Waals surface area contributed by atoms with Crippen molar-refractivity contribution in [2.45, 2.75) is 53.2 Å². The molecule has 0 aliphatic heterocycles. The fourth-order valence-corrected chi connectivity index (χ4v) is 2.06. The van der Waals surface area contributed by atoms with Gasteiger partial charge < -0.3 is 19.5 Å². The zero-order chi connectivity index (χ0) is 18.5. The summed E-state index contributed by atoms with van der Waals surface area (Å²) in [6.07, 6.45) is -0.413. The van der Waals surface area contributed by atoms with Crippen LogP contribution in [0.2, 0.25) is 0 Å². The van der Waals surface area contributed by atoms with Crippen molar-refractivity contribution in [3.05, 3.63) is 29.3 Å². The molecule has 0 radical (unpaired) electrons. The maximum absolute atomic E-state index is 12.2. The van der Waals surface area contributed by atoms with Gasteiger partial charge in [-0.3, -0.25) is 0 Å². The van der Waals surface area contributed by atoms with Crippen LogP contribution in [0.3, 0.4) is 0 Å². The Labute approximate surface area is 143 Å². The highest BCUT2D eigenvalue weighted by Gasteiger charge is 2.24. The fourth-order valence-electron chi connectivity index (χ4n) is 2.06. The van der Waals surface area contributed by atoms with E-state index >= 15 is 0 Å². The topological polar surface area (TPSA) is 76.1 Å². The van der Waals surface area contributed by atoms with Crippen molar-refractivity contribution in [1.29, 1.82) is 0 Å². The van der Waals surface area contributed by atoms with Crippen LogP contribution in [0.15, 0.2) is 18.2 Å². The Morgan fingerprint density at radius 1 is 1.25 bits per heavy atom. The van der Waals surface area contributed by atoms with E-state index in [1.807, 2.05) is 41.5 Å². The number of amides is 1. The Hall–Kier alpha value is -2.24. The molecule has 134 valence electrons. The number of carboxylic acid groups (broad SMARTS) is 1. The Morgan fingerprint density at radius 2 is 1.88 bits per heavy atom. The summed E-state index contributed by atoms with van der Waals surface area (Å²) in [7, 11) is 0. The zero-order valence-electron chi connectivity index (χ0n) is 15.3. The van der Waals surface area contributed by atoms with Crippen LogP contribution in [-0.2, 0) is 4.74 Å². The van der Waals surface area contributed by atoms with E-state index in [2.05, 4.69) is 0 Å². The lowest BCUT2D eigenvalue weighted by Gasteiger charge is -2.30. The average molecular weight is 337 g/mol. The first-order valence-electron chi connectivity index (χ1n) is 7.97. The summed E-state index contributed by atoms with van der Waals surface area (Å²) >= 11 is 0. The number of aromatic carboxylic acids is 1. The van der Waals surface area contributed by atoms with Crippen LogP contribution in [-0.4, -0.2) is 46.9 Å². The lowest BCUT2D eigenvalue weighted by molar-refractivity contribution is 0.0163. The molecule has 0 bridgehead atoms. The number of nitrogens with zero attached hydrogens (tertiary/aromatic N) is 1. The molecule has 0 aliphatic rings. The summed E-state index contributed by atoms with van der Waals surface area (Å²) in [6, 6.07) is 4.86. The molecule has 6 heteroatoms. The molecule has 0 atom stereocenters. The second-order valence-electron chi connectivity index (χ2n) is 6.92. The van der Waals surface area contributed by atoms with E-state index in [0.29, 0.717) is 12.3 Å². The normalized spacial score (nSPS) is 11.3. The van der Waals surface area contributed by atoms with Gasteiger partial charge in [-0.2, -0.15) is 0 Å². The van der Waals surface area contributed by atoms with Crippen molar-refractivity contribution >= 4 is 12.1 Å². The summed E-state index contributed by atoms with van der Waals surface area (Å²) < 4.78 is 11.0. The third-order valence-electron chi connectivity index (χ3n) is 3.21. The molecule has 0 aromatic heterocycles. The van der Waals surface area contributed by atoms with Crippen LogP contribution in [0.5, 0.6) is 5.75 Å². The highest BCUT2D eigenvalue weighted by atomic mass is 16.6. The summed E-state index contributed by atoms with van der Waals surface area (Å²) in [4.78, 5) is 25.0. The molecule has 0 saturated heterocycles. The molecule has 1 aromatic rings. The Bertz CT molecular complexity index is 590. The van der Waals surface area contributed by atoms with Gasteiger partial charge in [0.2, 0.25) is 0 Å². The van der Waals surface area contributed by atoms with E-state index in [4.69, 9.17) is 9.47 Å². The van der Waals surface area contributed by atoms with Crippen LogP contribution in [0.4, 0.5) is 4.79 Å². The maximum Gasteiger partial charge on any atom is 0.410 e. The fraction of sp³-hybridized carbons (Fsp3) is 0.556. The molecule has 1 rings (SSSR count). The number of carboxylic acids is 1. The SMILES string of the molecule is Cc1ccc(C(=O)O)c(OCCN(C(=O)OC(C)(C)C)C(C)C)c1. The van der Waals surface area contributed by atoms with Crippen LogP contribution in [0.25, 0.3) is 0 Å². The maximum atomic E-state index is 12.2. The second-order valence-corrected chi connectivity index (χ2v) is 6.92. The van der Waals surface area contributed by atoms with E-state index in [0.717, 1.165) is 5.56 Å². The highest BCUT2D eigenvalue weighted by Crippen LogP contribution is 2.20. The first kappa shape index (κ1) is 19.8. The van der Waals surface area contributed by atoms with Gasteiger partial charge in [-0.15, -0.1) is 0 Å². The van der Waals surface area contributed by atoms with Crippen molar-refractivity contribution in [3.63, 3.8) is 0 Å². The standard InChI is InChI=1S/C18H27NO5/c1-12(2)19(17(22)24-18(4,5)6)9-10-23-15-11-13(3)7-8-14(15)16(20)21/h7-8,11-12H,9-10H2,1-6H3,(H,20,21). The summed E-state index contributed by atoms with van der Waals surface area (Å²) in [5, 5.41) is 9.20. The van der Waals surface area contributed by atoms with Gasteiger partial charge in [0, 0.05) is 6.04 Å². The predicted octanol–water partition coefficient (Wildman–Crippen LogP) is 3.72. The molecule has 0 unspecified atom stereocenters. The monoisotopic (exact) mass is 337 g/mol. The largest absolute Gasteiger partial charge is 0.491 e. The summed E-state index contributed by atoms with van der Waals surface area (Å²) in [5.41, 5.74) is 0.440. The third-order valence-corrected chi connectivity index (χ3v) is 3.21. The van der Waals surface area contributed by atoms with Gasteiger partial charge in [0.25, 0.3) is 0 Å². The van der Waals surface area contributed by atoms with Crippen molar-refractivity contribution in [2.75, 3.05) is 13.2 Å². The van der Waals surface area contributed by atoms with Crippen molar-refractivity contribution in [3.8, 4) is 5.75 Å². The second kappa shape index (κ2) is 8.04. The molecule has 0 heterocycles. The number of hydrogen-bond acceptors (Lipinski definition) is 4. The molecular formula is C18H27NO5. The molecule has 0 spiro atoms. The molecule has 1 aromatic carbocycles. The first-order chi connectivity index (χ1) is 11.0. The predicted molar refractivity (Wildman–Crippen MR) is 91.7 cm³/mol. The van der Waals surface area contributed by atoms with Gasteiger partial charge in [-0.05, 0) is 59.2 Å². The number of hydrogen-bond donors (Lipinski definition) is 1. The Kier molecular flexibility index (Phi) is 6.63. The minimum absolute atomic E-state index is 0.0556. The van der Waals surface area contributed by atoms with Crippen molar-refractivity contribution in [2.24, 2.45) is 0 Å². The van der Waals surface area contributed by atoms with E-state index in [-0.39, 0.29) is 18.2 Å². The molecular weight excluding hydrogens is 310 g/mol. The molecule has 0 fully saturated rings. The summed E-state index contributed by atoms with van der Waals surface area (Å²) in [6.45, 7) is 11.6. The Morgan fingerprint density at radius 3 is 2.38 bits per heavy atom. The van der Waals surface area contributed by atoms with Gasteiger partial charge >= 0.3 is 12.1 Å². The molecule has 0 aliphatic carbocycles. The van der Waals surface area contributed by atoms with Crippen molar-refractivity contribution in [1.82, 2.24) is 4.90 Å². The summed E-state index contributed by atoms with van der Waals surface area (Å²) in [5.74, 6) is -0.742. The van der Waals surface area contributed by atoms with Gasteiger partial charge in [-0.1, -0.05) is 6.07 Å². The van der Waals surface area contributed by atoms with E-state index in [1.54, 1.807) is 17.0 Å². The van der Waals surface area contributed by atoms with Crippen LogP contribution >= 0.6 is 0 Å². The average Bonchev–Trinajstić information content (AvgIpc) is 2.40. The Balaban J connectivity index is 2.75. The molecule has 1 N–H and O–H groups in total.